The number of benzene rings is 2. The molecular weight excluding hydrogens is 449 g/mol. The van der Waals surface area contributed by atoms with Crippen molar-refractivity contribution < 1.29 is 23.5 Å². The van der Waals surface area contributed by atoms with E-state index in [0.717, 1.165) is 5.56 Å². The summed E-state index contributed by atoms with van der Waals surface area (Å²) >= 11 is 0. The summed E-state index contributed by atoms with van der Waals surface area (Å²) in [6, 6.07) is 18.8. The molecule has 2 heterocycles. The van der Waals surface area contributed by atoms with Crippen molar-refractivity contribution in [2.45, 2.75) is 18.6 Å². The van der Waals surface area contributed by atoms with Gasteiger partial charge in [-0.05, 0) is 42.0 Å². The highest BCUT2D eigenvalue weighted by atomic mass is 19.1. The number of ether oxygens (including phenoxy) is 2. The Bertz CT molecular complexity index is 1130. The van der Waals surface area contributed by atoms with Crippen molar-refractivity contribution in [3.63, 3.8) is 0 Å². The largest absolute Gasteiger partial charge is 0.490 e. The van der Waals surface area contributed by atoms with Crippen LogP contribution in [0, 0.1) is 5.82 Å². The van der Waals surface area contributed by atoms with E-state index in [1.54, 1.807) is 35.2 Å². The molecule has 1 aliphatic heterocycles. The maximum absolute atomic E-state index is 13.3. The van der Waals surface area contributed by atoms with Gasteiger partial charge in [0.25, 0.3) is 5.91 Å². The molecule has 3 aromatic rings. The minimum atomic E-state index is -1.06. The first-order valence-electron chi connectivity index (χ1n) is 11.4. The second-order valence-corrected chi connectivity index (χ2v) is 8.65. The van der Waals surface area contributed by atoms with E-state index in [4.69, 9.17) is 9.47 Å². The van der Waals surface area contributed by atoms with E-state index in [9.17, 15) is 14.0 Å². The molecule has 0 unspecified atom stereocenters. The van der Waals surface area contributed by atoms with Gasteiger partial charge in [-0.15, -0.1) is 0 Å². The van der Waals surface area contributed by atoms with E-state index in [-0.39, 0.29) is 43.8 Å². The number of rotatable bonds is 8. The number of halogens is 1. The van der Waals surface area contributed by atoms with Crippen molar-refractivity contribution in [3.8, 4) is 5.75 Å². The molecule has 0 radical (unpaired) electrons. The van der Waals surface area contributed by atoms with Crippen molar-refractivity contribution in [1.82, 2.24) is 14.8 Å². The Kier molecular flexibility index (Phi) is 7.72. The standard InChI is InChI=1S/C27H28FN3O4/c1-30(18-21-6-3-2-4-7-21)25(32)16-27(20-34-24-11-9-23(28)10-12-24)19-31(14-15-35-27)26(33)22-8-5-13-29-17-22/h2-13,17H,14-16,18-20H2,1H3/t27-/m1/s1. The number of pyridine rings is 1. The lowest BCUT2D eigenvalue weighted by Crippen LogP contribution is -2.58. The molecule has 1 atom stereocenters. The lowest BCUT2D eigenvalue weighted by Gasteiger charge is -2.42. The molecule has 35 heavy (non-hydrogen) atoms. The predicted octanol–water partition coefficient (Wildman–Crippen LogP) is 3.56. The normalized spacial score (nSPS) is 17.6. The molecule has 0 bridgehead atoms. The summed E-state index contributed by atoms with van der Waals surface area (Å²) in [5.41, 5.74) is 0.417. The first kappa shape index (κ1) is 24.3. The summed E-state index contributed by atoms with van der Waals surface area (Å²) in [5.74, 6) is -0.230. The third kappa shape index (κ3) is 6.42. The Labute approximate surface area is 204 Å². The number of hydrogen-bond acceptors (Lipinski definition) is 5. The number of aromatic nitrogens is 1. The van der Waals surface area contributed by atoms with Crippen LogP contribution in [-0.4, -0.2) is 65.6 Å². The average Bonchev–Trinajstić information content (AvgIpc) is 2.89. The fourth-order valence-electron chi connectivity index (χ4n) is 4.04. The smallest absolute Gasteiger partial charge is 0.255 e. The number of carbonyl (C=O) groups excluding carboxylic acids is 2. The summed E-state index contributed by atoms with van der Waals surface area (Å²) in [7, 11) is 1.74. The zero-order chi connectivity index (χ0) is 24.7. The van der Waals surface area contributed by atoms with Crippen LogP contribution in [0.2, 0.25) is 0 Å². The quantitative estimate of drug-likeness (QED) is 0.496. The highest BCUT2D eigenvalue weighted by molar-refractivity contribution is 5.94. The molecule has 0 spiro atoms. The molecule has 2 amide bonds. The van der Waals surface area contributed by atoms with Gasteiger partial charge in [0.1, 0.15) is 23.8 Å². The van der Waals surface area contributed by atoms with Crippen molar-refractivity contribution in [1.29, 1.82) is 0 Å². The van der Waals surface area contributed by atoms with Crippen molar-refractivity contribution in [2.75, 3.05) is 33.4 Å². The molecule has 7 nitrogen and oxygen atoms in total. The minimum Gasteiger partial charge on any atom is -0.490 e. The highest BCUT2D eigenvalue weighted by Crippen LogP contribution is 2.26. The van der Waals surface area contributed by atoms with E-state index in [2.05, 4.69) is 4.98 Å². The lowest BCUT2D eigenvalue weighted by atomic mass is 9.96. The topological polar surface area (TPSA) is 72.0 Å². The van der Waals surface area contributed by atoms with Gasteiger partial charge in [-0.2, -0.15) is 0 Å². The second kappa shape index (κ2) is 11.1. The van der Waals surface area contributed by atoms with E-state index in [1.165, 1.54) is 30.5 Å². The zero-order valence-electron chi connectivity index (χ0n) is 19.6. The summed E-state index contributed by atoms with van der Waals surface area (Å²) in [6.45, 7) is 1.30. The Morgan fingerprint density at radius 3 is 2.60 bits per heavy atom. The second-order valence-electron chi connectivity index (χ2n) is 8.65. The zero-order valence-corrected chi connectivity index (χ0v) is 19.6. The molecule has 1 fully saturated rings. The molecule has 1 saturated heterocycles. The van der Waals surface area contributed by atoms with Crippen LogP contribution in [0.4, 0.5) is 4.39 Å². The molecule has 2 aromatic carbocycles. The monoisotopic (exact) mass is 477 g/mol. The summed E-state index contributed by atoms with van der Waals surface area (Å²) < 4.78 is 25.4. The van der Waals surface area contributed by atoms with Crippen LogP contribution in [0.3, 0.4) is 0 Å². The van der Waals surface area contributed by atoms with Gasteiger partial charge in [-0.3, -0.25) is 14.6 Å². The van der Waals surface area contributed by atoms with Crippen LogP contribution in [-0.2, 0) is 16.1 Å². The number of carbonyl (C=O) groups is 2. The summed E-state index contributed by atoms with van der Waals surface area (Å²) in [6.07, 6.45) is 3.15. The van der Waals surface area contributed by atoms with Crippen LogP contribution in [0.25, 0.3) is 0 Å². The lowest BCUT2D eigenvalue weighted by molar-refractivity contribution is -0.152. The van der Waals surface area contributed by atoms with Gasteiger partial charge in [-0.1, -0.05) is 30.3 Å². The van der Waals surface area contributed by atoms with Gasteiger partial charge in [0.05, 0.1) is 25.1 Å². The fourth-order valence-corrected chi connectivity index (χ4v) is 4.04. The molecule has 182 valence electrons. The van der Waals surface area contributed by atoms with Crippen LogP contribution in [0.5, 0.6) is 5.75 Å². The Hall–Kier alpha value is -3.78. The summed E-state index contributed by atoms with van der Waals surface area (Å²) in [4.78, 5) is 33.7. The molecule has 8 heteroatoms. The van der Waals surface area contributed by atoms with E-state index >= 15 is 0 Å². The fraction of sp³-hybridized carbons (Fsp3) is 0.296. The number of hydrogen-bond donors (Lipinski definition) is 0. The molecule has 1 aliphatic rings. The van der Waals surface area contributed by atoms with E-state index in [0.29, 0.717) is 24.4 Å². The van der Waals surface area contributed by atoms with Crippen LogP contribution < -0.4 is 4.74 Å². The third-order valence-corrected chi connectivity index (χ3v) is 5.92. The first-order valence-corrected chi connectivity index (χ1v) is 11.4. The van der Waals surface area contributed by atoms with Crippen molar-refractivity contribution in [2.24, 2.45) is 0 Å². The van der Waals surface area contributed by atoms with Crippen LogP contribution in [0.15, 0.2) is 79.1 Å². The molecule has 1 aromatic heterocycles. The Morgan fingerprint density at radius 1 is 1.11 bits per heavy atom. The first-order chi connectivity index (χ1) is 16.9. The van der Waals surface area contributed by atoms with Crippen LogP contribution >= 0.6 is 0 Å². The molecule has 0 N–H and O–H groups in total. The Balaban J connectivity index is 1.51. The van der Waals surface area contributed by atoms with E-state index in [1.807, 2.05) is 30.3 Å². The van der Waals surface area contributed by atoms with Gasteiger partial charge in [0, 0.05) is 32.5 Å². The number of nitrogens with zero attached hydrogens (tertiary/aromatic N) is 3. The highest BCUT2D eigenvalue weighted by Gasteiger charge is 2.42. The molecule has 4 rings (SSSR count). The summed E-state index contributed by atoms with van der Waals surface area (Å²) in [5, 5.41) is 0. The number of amides is 2. The van der Waals surface area contributed by atoms with Gasteiger partial charge in [0.15, 0.2) is 0 Å². The molecular formula is C27H28FN3O4. The maximum Gasteiger partial charge on any atom is 0.255 e. The number of morpholine rings is 1. The Morgan fingerprint density at radius 2 is 1.89 bits per heavy atom. The van der Waals surface area contributed by atoms with Crippen molar-refractivity contribution >= 4 is 11.8 Å². The average molecular weight is 478 g/mol. The van der Waals surface area contributed by atoms with Crippen molar-refractivity contribution in [3.05, 3.63) is 96.1 Å². The SMILES string of the molecule is CN(Cc1ccccc1)C(=O)C[C@]1(COc2ccc(F)cc2)CN(C(=O)c2cccnc2)CCO1. The van der Waals surface area contributed by atoms with E-state index < -0.39 is 5.60 Å². The van der Waals surface area contributed by atoms with Gasteiger partial charge in [0.2, 0.25) is 5.91 Å². The third-order valence-electron chi connectivity index (χ3n) is 5.92. The van der Waals surface area contributed by atoms with Gasteiger partial charge < -0.3 is 19.3 Å². The van der Waals surface area contributed by atoms with Crippen LogP contribution in [0.1, 0.15) is 22.3 Å². The predicted molar refractivity (Wildman–Crippen MR) is 128 cm³/mol. The maximum atomic E-state index is 13.3. The van der Waals surface area contributed by atoms with Gasteiger partial charge in [-0.25, -0.2) is 4.39 Å². The minimum absolute atomic E-state index is 0.0222. The molecule has 0 saturated carbocycles. The van der Waals surface area contributed by atoms with Gasteiger partial charge >= 0.3 is 0 Å². The molecule has 0 aliphatic carbocycles.